The van der Waals surface area contributed by atoms with Crippen LogP contribution in [0.1, 0.15) is 0 Å². The number of hydrogen-bond donors (Lipinski definition) is 2. The zero-order valence-corrected chi connectivity index (χ0v) is 13.8. The molecule has 0 saturated carbocycles. The molecule has 0 aliphatic carbocycles. The molecule has 3 N–H and O–H groups in total. The number of benzene rings is 2. The van der Waals surface area contributed by atoms with Crippen molar-refractivity contribution in [2.75, 3.05) is 16.8 Å². The maximum absolute atomic E-state index is 11.9. The summed E-state index contributed by atoms with van der Waals surface area (Å²) in [7, 11) is 0. The van der Waals surface area contributed by atoms with Gasteiger partial charge in [0.15, 0.2) is 0 Å². The highest BCUT2D eigenvalue weighted by Crippen LogP contribution is 2.32. The van der Waals surface area contributed by atoms with Crippen LogP contribution in [0.3, 0.4) is 0 Å². The van der Waals surface area contributed by atoms with Gasteiger partial charge in [-0.15, -0.1) is 11.8 Å². The summed E-state index contributed by atoms with van der Waals surface area (Å²) in [6.07, 6.45) is 0. The van der Waals surface area contributed by atoms with E-state index in [2.05, 4.69) is 5.32 Å². The standard InChI is InChI=1S/C14H11Cl3N2OS/c15-8-2-1-3-10(4-8)21-7-13(20)19-14-11(17)5-9(16)6-12(14)18/h1-6H,7,18H2,(H,19,20). The summed E-state index contributed by atoms with van der Waals surface area (Å²) in [6, 6.07) is 10.3. The molecule has 0 bridgehead atoms. The Labute approximate surface area is 141 Å². The Balaban J connectivity index is 1.99. The first-order chi connectivity index (χ1) is 9.95. The van der Waals surface area contributed by atoms with Crippen molar-refractivity contribution < 1.29 is 4.79 Å². The smallest absolute Gasteiger partial charge is 0.234 e. The molecule has 0 aliphatic heterocycles. The quantitative estimate of drug-likeness (QED) is 0.598. The second kappa shape index (κ2) is 7.27. The molecule has 1 amide bonds. The number of hydrogen-bond acceptors (Lipinski definition) is 3. The van der Waals surface area contributed by atoms with Crippen LogP contribution in [-0.4, -0.2) is 11.7 Å². The van der Waals surface area contributed by atoms with E-state index in [9.17, 15) is 4.79 Å². The van der Waals surface area contributed by atoms with E-state index in [0.717, 1.165) is 4.90 Å². The van der Waals surface area contributed by atoms with Crippen molar-refractivity contribution in [3.63, 3.8) is 0 Å². The molecule has 2 rings (SSSR count). The summed E-state index contributed by atoms with van der Waals surface area (Å²) in [5.41, 5.74) is 6.49. The molecule has 3 nitrogen and oxygen atoms in total. The molecule has 0 spiro atoms. The molecule has 110 valence electrons. The Hall–Kier alpha value is -1.07. The number of amides is 1. The summed E-state index contributed by atoms with van der Waals surface area (Å²) in [5.74, 6) is 0.00884. The summed E-state index contributed by atoms with van der Waals surface area (Å²) in [5, 5.41) is 4.04. The van der Waals surface area contributed by atoms with Gasteiger partial charge in [0.25, 0.3) is 0 Å². The Morgan fingerprint density at radius 3 is 2.57 bits per heavy atom. The third-order valence-corrected chi connectivity index (χ3v) is 4.26. The molecule has 7 heteroatoms. The summed E-state index contributed by atoms with van der Waals surface area (Å²) >= 11 is 19.1. The first-order valence-electron chi connectivity index (χ1n) is 5.88. The molecule has 2 aromatic carbocycles. The maximum atomic E-state index is 11.9. The van der Waals surface area contributed by atoms with Crippen LogP contribution in [0.5, 0.6) is 0 Å². The molecule has 0 radical (unpaired) electrons. The van der Waals surface area contributed by atoms with Crippen LogP contribution in [0.2, 0.25) is 15.1 Å². The van der Waals surface area contributed by atoms with Gasteiger partial charge in [0.05, 0.1) is 22.2 Å². The van der Waals surface area contributed by atoms with Gasteiger partial charge in [-0.1, -0.05) is 40.9 Å². The van der Waals surface area contributed by atoms with Crippen LogP contribution >= 0.6 is 46.6 Å². The van der Waals surface area contributed by atoms with E-state index in [1.807, 2.05) is 12.1 Å². The van der Waals surface area contributed by atoms with Gasteiger partial charge in [-0.3, -0.25) is 4.79 Å². The molecule has 0 aliphatic rings. The van der Waals surface area contributed by atoms with Crippen molar-refractivity contribution in [2.24, 2.45) is 0 Å². The zero-order chi connectivity index (χ0) is 15.4. The third kappa shape index (κ3) is 4.71. The zero-order valence-electron chi connectivity index (χ0n) is 10.7. The second-order valence-electron chi connectivity index (χ2n) is 4.15. The van der Waals surface area contributed by atoms with Gasteiger partial charge in [-0.25, -0.2) is 0 Å². The third-order valence-electron chi connectivity index (χ3n) is 2.52. The fourth-order valence-electron chi connectivity index (χ4n) is 1.61. The minimum Gasteiger partial charge on any atom is -0.397 e. The summed E-state index contributed by atoms with van der Waals surface area (Å²) < 4.78 is 0. The van der Waals surface area contributed by atoms with Gasteiger partial charge in [0.2, 0.25) is 5.91 Å². The average Bonchev–Trinajstić information content (AvgIpc) is 2.40. The van der Waals surface area contributed by atoms with Crippen molar-refractivity contribution in [3.8, 4) is 0 Å². The summed E-state index contributed by atoms with van der Waals surface area (Å²) in [6.45, 7) is 0. The van der Waals surface area contributed by atoms with Gasteiger partial charge in [-0.2, -0.15) is 0 Å². The van der Waals surface area contributed by atoms with Gasteiger partial charge >= 0.3 is 0 Å². The lowest BCUT2D eigenvalue weighted by Gasteiger charge is -2.10. The van der Waals surface area contributed by atoms with Gasteiger partial charge in [-0.05, 0) is 30.3 Å². The number of anilines is 2. The van der Waals surface area contributed by atoms with Crippen LogP contribution in [-0.2, 0) is 4.79 Å². The largest absolute Gasteiger partial charge is 0.397 e. The van der Waals surface area contributed by atoms with Gasteiger partial charge < -0.3 is 11.1 Å². The van der Waals surface area contributed by atoms with Gasteiger partial charge in [0, 0.05) is 14.9 Å². The molecular formula is C14H11Cl3N2OS. The van der Waals surface area contributed by atoms with Crippen molar-refractivity contribution in [1.82, 2.24) is 0 Å². The predicted molar refractivity (Wildman–Crippen MR) is 91.7 cm³/mol. The number of nitrogen functional groups attached to an aromatic ring is 1. The Kier molecular flexibility index (Phi) is 5.65. The van der Waals surface area contributed by atoms with E-state index in [-0.39, 0.29) is 11.7 Å². The summed E-state index contributed by atoms with van der Waals surface area (Å²) in [4.78, 5) is 12.9. The van der Waals surface area contributed by atoms with E-state index < -0.39 is 0 Å². The van der Waals surface area contributed by atoms with E-state index in [0.29, 0.717) is 26.4 Å². The van der Waals surface area contributed by atoms with Crippen molar-refractivity contribution in [2.45, 2.75) is 4.90 Å². The van der Waals surface area contributed by atoms with Crippen LogP contribution < -0.4 is 11.1 Å². The molecule has 2 aromatic rings. The van der Waals surface area contributed by atoms with Crippen molar-refractivity contribution in [3.05, 3.63) is 51.5 Å². The highest BCUT2D eigenvalue weighted by Gasteiger charge is 2.11. The average molecular weight is 362 g/mol. The van der Waals surface area contributed by atoms with E-state index in [1.165, 1.54) is 23.9 Å². The molecule has 0 atom stereocenters. The minimum atomic E-state index is -0.212. The van der Waals surface area contributed by atoms with E-state index >= 15 is 0 Å². The van der Waals surface area contributed by atoms with Crippen LogP contribution in [0.25, 0.3) is 0 Å². The Morgan fingerprint density at radius 1 is 1.14 bits per heavy atom. The Bertz CT molecular complexity index is 656. The lowest BCUT2D eigenvalue weighted by Crippen LogP contribution is -2.15. The number of nitrogens with one attached hydrogen (secondary N) is 1. The number of thioether (sulfide) groups is 1. The van der Waals surface area contributed by atoms with Crippen LogP contribution in [0.4, 0.5) is 11.4 Å². The first kappa shape index (κ1) is 16.3. The minimum absolute atomic E-state index is 0.212. The van der Waals surface area contributed by atoms with Crippen LogP contribution in [0.15, 0.2) is 41.3 Å². The highest BCUT2D eigenvalue weighted by atomic mass is 35.5. The van der Waals surface area contributed by atoms with E-state index in [4.69, 9.17) is 40.5 Å². The topological polar surface area (TPSA) is 55.1 Å². The molecule has 0 fully saturated rings. The maximum Gasteiger partial charge on any atom is 0.234 e. The highest BCUT2D eigenvalue weighted by molar-refractivity contribution is 8.00. The number of nitrogens with two attached hydrogens (primary N) is 1. The second-order valence-corrected chi connectivity index (χ2v) is 6.47. The van der Waals surface area contributed by atoms with Crippen LogP contribution in [0, 0.1) is 0 Å². The lowest BCUT2D eigenvalue weighted by molar-refractivity contribution is -0.113. The molecule has 21 heavy (non-hydrogen) atoms. The predicted octanol–water partition coefficient (Wildman–Crippen LogP) is 4.96. The first-order valence-corrected chi connectivity index (χ1v) is 8.00. The number of carbonyl (C=O) groups is 1. The van der Waals surface area contributed by atoms with Crippen molar-refractivity contribution in [1.29, 1.82) is 0 Å². The number of carbonyl (C=O) groups excluding carboxylic acids is 1. The van der Waals surface area contributed by atoms with Gasteiger partial charge in [0.1, 0.15) is 0 Å². The normalized spacial score (nSPS) is 10.4. The molecule has 0 aromatic heterocycles. The van der Waals surface area contributed by atoms with E-state index in [1.54, 1.807) is 12.1 Å². The van der Waals surface area contributed by atoms with Crippen molar-refractivity contribution >= 4 is 63.8 Å². The molecule has 0 heterocycles. The lowest BCUT2D eigenvalue weighted by atomic mass is 10.2. The Morgan fingerprint density at radius 2 is 1.90 bits per heavy atom. The fourth-order valence-corrected chi connectivity index (χ4v) is 3.17. The molecule has 0 saturated heterocycles. The monoisotopic (exact) mass is 360 g/mol. The molecule has 0 unspecified atom stereocenters. The molecular weight excluding hydrogens is 351 g/mol. The SMILES string of the molecule is Nc1cc(Cl)cc(Cl)c1NC(=O)CSc1cccc(Cl)c1. The number of rotatable bonds is 4. The fraction of sp³-hybridized carbons (Fsp3) is 0.0714. The number of halogens is 3.